The second-order valence-electron chi connectivity index (χ2n) is 2.80. The van der Waals surface area contributed by atoms with Gasteiger partial charge in [-0.15, -0.1) is 0 Å². The Morgan fingerprint density at radius 1 is 1.50 bits per heavy atom. The quantitative estimate of drug-likeness (QED) is 0.778. The van der Waals surface area contributed by atoms with Gasteiger partial charge in [0.2, 0.25) is 0 Å². The molecule has 2 N–H and O–H groups in total. The van der Waals surface area contributed by atoms with Gasteiger partial charge in [-0.1, -0.05) is 29.8 Å². The summed E-state index contributed by atoms with van der Waals surface area (Å²) < 4.78 is 5.50. The molecule has 0 aromatic heterocycles. The van der Waals surface area contributed by atoms with Crippen LogP contribution in [0, 0.1) is 0 Å². The number of halogens is 1. The van der Waals surface area contributed by atoms with Gasteiger partial charge in [-0.05, 0) is 19.1 Å². The van der Waals surface area contributed by atoms with Crippen LogP contribution in [0.5, 0.6) is 5.75 Å². The van der Waals surface area contributed by atoms with Crippen molar-refractivity contribution in [3.05, 3.63) is 40.9 Å². The maximum absolute atomic E-state index is 5.96. The Hall–Kier alpha value is -0.990. The predicted molar refractivity (Wildman–Crippen MR) is 59.7 cm³/mol. The smallest absolute Gasteiger partial charge is 0.125 e. The number of rotatable bonds is 4. The fourth-order valence-corrected chi connectivity index (χ4v) is 1.35. The van der Waals surface area contributed by atoms with E-state index in [4.69, 9.17) is 22.1 Å². The third-order valence-electron chi connectivity index (χ3n) is 1.85. The third kappa shape index (κ3) is 2.76. The van der Waals surface area contributed by atoms with Gasteiger partial charge in [-0.2, -0.15) is 0 Å². The monoisotopic (exact) mass is 211 g/mol. The van der Waals surface area contributed by atoms with Crippen LogP contribution in [0.2, 0.25) is 5.02 Å². The van der Waals surface area contributed by atoms with Crippen LogP contribution >= 0.6 is 11.6 Å². The fraction of sp³-hybridized carbons (Fsp3) is 0.273. The van der Waals surface area contributed by atoms with E-state index < -0.39 is 0 Å². The fourth-order valence-electron chi connectivity index (χ4n) is 1.11. The van der Waals surface area contributed by atoms with Crippen LogP contribution in [0.25, 0.3) is 0 Å². The molecule has 0 spiro atoms. The molecule has 1 rings (SSSR count). The van der Waals surface area contributed by atoms with Crippen molar-refractivity contribution in [2.75, 3.05) is 6.61 Å². The van der Waals surface area contributed by atoms with E-state index in [2.05, 4.69) is 0 Å². The number of ether oxygens (including phenoxy) is 1. The zero-order valence-corrected chi connectivity index (χ0v) is 8.92. The van der Waals surface area contributed by atoms with E-state index >= 15 is 0 Å². The molecule has 0 saturated carbocycles. The maximum atomic E-state index is 5.96. The highest BCUT2D eigenvalue weighted by molar-refractivity contribution is 6.31. The molecule has 14 heavy (non-hydrogen) atoms. The molecule has 0 heterocycles. The maximum Gasteiger partial charge on any atom is 0.125 e. The molecule has 0 aliphatic heterocycles. The first kappa shape index (κ1) is 11.1. The van der Waals surface area contributed by atoms with Crippen LogP contribution in [0.1, 0.15) is 12.5 Å². The van der Waals surface area contributed by atoms with Crippen molar-refractivity contribution in [3.8, 4) is 5.75 Å². The zero-order valence-electron chi connectivity index (χ0n) is 8.16. The number of hydrogen-bond donors (Lipinski definition) is 1. The molecule has 0 unspecified atom stereocenters. The van der Waals surface area contributed by atoms with Crippen molar-refractivity contribution >= 4 is 11.6 Å². The van der Waals surface area contributed by atoms with Crippen molar-refractivity contribution in [1.82, 2.24) is 0 Å². The van der Waals surface area contributed by atoms with Crippen LogP contribution in [0.3, 0.4) is 0 Å². The number of allylic oxidation sites excluding steroid dienone is 1. The molecule has 0 atom stereocenters. The zero-order chi connectivity index (χ0) is 10.4. The normalized spacial score (nSPS) is 10.8. The number of hydrogen-bond acceptors (Lipinski definition) is 2. The van der Waals surface area contributed by atoms with Crippen molar-refractivity contribution in [2.45, 2.75) is 13.5 Å². The lowest BCUT2D eigenvalue weighted by Gasteiger charge is -2.09. The summed E-state index contributed by atoms with van der Waals surface area (Å²) in [6.07, 6.45) is 3.87. The van der Waals surface area contributed by atoms with Gasteiger partial charge >= 0.3 is 0 Å². The summed E-state index contributed by atoms with van der Waals surface area (Å²) in [7, 11) is 0. The molecule has 0 fully saturated rings. The molecule has 1 aromatic rings. The van der Waals surface area contributed by atoms with E-state index in [0.29, 0.717) is 18.2 Å². The van der Waals surface area contributed by atoms with E-state index in [1.54, 1.807) is 0 Å². The highest BCUT2D eigenvalue weighted by atomic mass is 35.5. The largest absolute Gasteiger partial charge is 0.489 e. The Kier molecular flexibility index (Phi) is 4.50. The highest BCUT2D eigenvalue weighted by Crippen LogP contribution is 2.25. The average Bonchev–Trinajstić information content (AvgIpc) is 2.18. The molecule has 0 bridgehead atoms. The molecule has 0 saturated heterocycles. The van der Waals surface area contributed by atoms with Crippen molar-refractivity contribution in [2.24, 2.45) is 5.73 Å². The Morgan fingerprint density at radius 2 is 2.29 bits per heavy atom. The minimum Gasteiger partial charge on any atom is -0.489 e. The topological polar surface area (TPSA) is 35.2 Å². The second kappa shape index (κ2) is 5.68. The first-order valence-corrected chi connectivity index (χ1v) is 4.88. The van der Waals surface area contributed by atoms with E-state index in [1.165, 1.54) is 0 Å². The summed E-state index contributed by atoms with van der Waals surface area (Å²) in [6, 6.07) is 5.54. The first-order valence-electron chi connectivity index (χ1n) is 4.51. The Balaban J connectivity index is 2.79. The van der Waals surface area contributed by atoms with Gasteiger partial charge in [0, 0.05) is 17.1 Å². The lowest BCUT2D eigenvalue weighted by atomic mass is 10.2. The number of nitrogens with two attached hydrogens (primary N) is 1. The lowest BCUT2D eigenvalue weighted by Crippen LogP contribution is -2.03. The van der Waals surface area contributed by atoms with Gasteiger partial charge in [-0.25, -0.2) is 0 Å². The minimum atomic E-state index is 0.394. The molecule has 2 nitrogen and oxygen atoms in total. The third-order valence-corrected chi connectivity index (χ3v) is 2.20. The summed E-state index contributed by atoms with van der Waals surface area (Å²) in [6.45, 7) is 2.89. The van der Waals surface area contributed by atoms with Crippen LogP contribution in [0.4, 0.5) is 0 Å². The molecular formula is C11H14ClNO. The predicted octanol–water partition coefficient (Wildman–Crippen LogP) is 2.75. The SMILES string of the molecule is C/C=C/COc1cccc(Cl)c1CN. The first-order chi connectivity index (χ1) is 6.79. The standard InChI is InChI=1S/C11H14ClNO/c1-2-3-7-14-11-6-4-5-10(12)9(11)8-13/h2-6H,7-8,13H2,1H3/b3-2+. The molecule has 1 aromatic carbocycles. The van der Waals surface area contributed by atoms with Gasteiger partial charge in [0.25, 0.3) is 0 Å². The van der Waals surface area contributed by atoms with Crippen LogP contribution in [0.15, 0.2) is 30.4 Å². The van der Waals surface area contributed by atoms with Gasteiger partial charge in [0.15, 0.2) is 0 Å². The Labute approximate surface area is 89.3 Å². The summed E-state index contributed by atoms with van der Waals surface area (Å²) in [4.78, 5) is 0. The molecule has 0 radical (unpaired) electrons. The average molecular weight is 212 g/mol. The molecular weight excluding hydrogens is 198 g/mol. The summed E-state index contributed by atoms with van der Waals surface area (Å²) in [5.74, 6) is 0.762. The second-order valence-corrected chi connectivity index (χ2v) is 3.21. The van der Waals surface area contributed by atoms with Crippen molar-refractivity contribution < 1.29 is 4.74 Å². The lowest BCUT2D eigenvalue weighted by molar-refractivity contribution is 0.359. The summed E-state index contributed by atoms with van der Waals surface area (Å²) in [5, 5.41) is 0.658. The van der Waals surface area contributed by atoms with Gasteiger partial charge < -0.3 is 10.5 Å². The van der Waals surface area contributed by atoms with Gasteiger partial charge in [0.05, 0.1) is 0 Å². The minimum absolute atomic E-state index is 0.394. The highest BCUT2D eigenvalue weighted by Gasteiger charge is 2.04. The molecule has 3 heteroatoms. The van der Waals surface area contributed by atoms with Crippen molar-refractivity contribution in [1.29, 1.82) is 0 Å². The number of benzene rings is 1. The van der Waals surface area contributed by atoms with Crippen LogP contribution < -0.4 is 10.5 Å². The molecule has 76 valence electrons. The summed E-state index contributed by atoms with van der Waals surface area (Å²) in [5.41, 5.74) is 6.43. The molecule has 0 amide bonds. The Morgan fingerprint density at radius 3 is 2.93 bits per heavy atom. The van der Waals surface area contributed by atoms with E-state index in [0.717, 1.165) is 11.3 Å². The van der Waals surface area contributed by atoms with Crippen molar-refractivity contribution in [3.63, 3.8) is 0 Å². The van der Waals surface area contributed by atoms with Crippen LogP contribution in [-0.2, 0) is 6.54 Å². The molecule has 0 aliphatic rings. The van der Waals surface area contributed by atoms with E-state index in [9.17, 15) is 0 Å². The molecule has 0 aliphatic carbocycles. The van der Waals surface area contributed by atoms with Gasteiger partial charge in [0.1, 0.15) is 12.4 Å². The summed E-state index contributed by atoms with van der Waals surface area (Å²) >= 11 is 5.96. The van der Waals surface area contributed by atoms with E-state index in [-0.39, 0.29) is 0 Å². The van der Waals surface area contributed by atoms with E-state index in [1.807, 2.05) is 37.3 Å². The van der Waals surface area contributed by atoms with Gasteiger partial charge in [-0.3, -0.25) is 0 Å². The Bertz CT molecular complexity index is 323. The van der Waals surface area contributed by atoms with Crippen LogP contribution in [-0.4, -0.2) is 6.61 Å².